The van der Waals surface area contributed by atoms with Crippen molar-refractivity contribution < 1.29 is 4.39 Å². The van der Waals surface area contributed by atoms with E-state index in [1.54, 1.807) is 12.1 Å². The van der Waals surface area contributed by atoms with Crippen LogP contribution in [0.2, 0.25) is 0 Å². The van der Waals surface area contributed by atoms with Crippen LogP contribution in [0.3, 0.4) is 0 Å². The molecule has 0 aliphatic carbocycles. The minimum atomic E-state index is -0.154. The summed E-state index contributed by atoms with van der Waals surface area (Å²) in [6, 6.07) is 6.86. The Balaban J connectivity index is 2.99. The summed E-state index contributed by atoms with van der Waals surface area (Å²) in [4.78, 5) is 0. The quantitative estimate of drug-likeness (QED) is 0.623. The monoisotopic (exact) mass is 178 g/mol. The largest absolute Gasteiger partial charge is 0.207 e. The van der Waals surface area contributed by atoms with E-state index in [1.165, 1.54) is 5.56 Å². The van der Waals surface area contributed by atoms with Crippen LogP contribution in [0.15, 0.2) is 24.3 Å². The maximum absolute atomic E-state index is 12.7. The van der Waals surface area contributed by atoms with Gasteiger partial charge >= 0.3 is 0 Å². The third kappa shape index (κ3) is 2.12. The summed E-state index contributed by atoms with van der Waals surface area (Å²) >= 11 is 0. The standard InChI is InChI=1S/C11H16BF/c1-3-11(12,4-2)9-5-7-10(13)8-6-9/h5-8H,3-4,12H2,1-2H3. The number of hydrogen-bond donors (Lipinski definition) is 0. The highest BCUT2D eigenvalue weighted by molar-refractivity contribution is 6.15. The molecule has 0 bridgehead atoms. The van der Waals surface area contributed by atoms with Crippen LogP contribution >= 0.6 is 0 Å². The first-order valence-electron chi connectivity index (χ1n) is 4.88. The molecule has 0 radical (unpaired) electrons. The van der Waals surface area contributed by atoms with E-state index in [0.29, 0.717) is 0 Å². The van der Waals surface area contributed by atoms with Crippen LogP contribution in [0.25, 0.3) is 0 Å². The normalized spacial score (nSPS) is 11.6. The Hall–Kier alpha value is -0.785. The molecule has 0 saturated heterocycles. The summed E-state index contributed by atoms with van der Waals surface area (Å²) in [5.41, 5.74) is 1.24. The zero-order chi connectivity index (χ0) is 9.90. The lowest BCUT2D eigenvalue weighted by Crippen LogP contribution is -2.24. The van der Waals surface area contributed by atoms with Crippen LogP contribution < -0.4 is 0 Å². The fraction of sp³-hybridized carbons (Fsp3) is 0.455. The SMILES string of the molecule is BC(CC)(CC)c1ccc(F)cc1. The third-order valence-electron chi connectivity index (χ3n) is 3.10. The lowest BCUT2D eigenvalue weighted by Gasteiger charge is -2.27. The van der Waals surface area contributed by atoms with Crippen molar-refractivity contribution in [2.45, 2.75) is 32.0 Å². The highest BCUT2D eigenvalue weighted by atomic mass is 19.1. The fourth-order valence-electron chi connectivity index (χ4n) is 1.51. The smallest absolute Gasteiger partial charge is 0.123 e. The molecule has 70 valence electrons. The van der Waals surface area contributed by atoms with Gasteiger partial charge in [0.05, 0.1) is 0 Å². The van der Waals surface area contributed by atoms with E-state index in [2.05, 4.69) is 21.7 Å². The Labute approximate surface area is 80.6 Å². The second-order valence-corrected chi connectivity index (χ2v) is 3.77. The van der Waals surface area contributed by atoms with Gasteiger partial charge in [0, 0.05) is 0 Å². The van der Waals surface area contributed by atoms with Gasteiger partial charge in [0.15, 0.2) is 0 Å². The summed E-state index contributed by atoms with van der Waals surface area (Å²) in [5, 5.41) is 0.202. The van der Waals surface area contributed by atoms with Gasteiger partial charge < -0.3 is 0 Å². The number of hydrogen-bond acceptors (Lipinski definition) is 0. The average Bonchev–Trinajstić information content (AvgIpc) is 2.18. The second kappa shape index (κ2) is 3.95. The molecular formula is C11H16BF. The molecule has 2 heteroatoms. The van der Waals surface area contributed by atoms with Crippen LogP contribution in [-0.2, 0) is 5.31 Å². The van der Waals surface area contributed by atoms with E-state index in [0.717, 1.165) is 12.8 Å². The van der Waals surface area contributed by atoms with Crippen LogP contribution in [0.1, 0.15) is 32.3 Å². The third-order valence-corrected chi connectivity index (χ3v) is 3.10. The van der Waals surface area contributed by atoms with Crippen molar-refractivity contribution in [2.24, 2.45) is 0 Å². The Bertz CT molecular complexity index is 262. The molecule has 13 heavy (non-hydrogen) atoms. The molecule has 0 amide bonds. The molecule has 0 aromatic heterocycles. The molecule has 1 aromatic rings. The van der Waals surface area contributed by atoms with Crippen molar-refractivity contribution in [1.82, 2.24) is 0 Å². The predicted octanol–water partition coefficient (Wildman–Crippen LogP) is 2.47. The Kier molecular flexibility index (Phi) is 3.13. The van der Waals surface area contributed by atoms with Gasteiger partial charge in [-0.25, -0.2) is 4.39 Å². The molecule has 0 nitrogen and oxygen atoms in total. The van der Waals surface area contributed by atoms with E-state index in [1.807, 2.05) is 12.1 Å². The summed E-state index contributed by atoms with van der Waals surface area (Å²) in [6.45, 7) is 4.35. The summed E-state index contributed by atoms with van der Waals surface area (Å²) in [5.74, 6) is -0.154. The first-order valence-corrected chi connectivity index (χ1v) is 4.88. The van der Waals surface area contributed by atoms with E-state index < -0.39 is 0 Å². The molecule has 0 atom stereocenters. The first-order chi connectivity index (χ1) is 6.12. The lowest BCUT2D eigenvalue weighted by molar-refractivity contribution is 0.561. The molecule has 0 aliphatic heterocycles. The molecule has 1 rings (SSSR count). The van der Waals surface area contributed by atoms with Crippen LogP contribution in [-0.4, -0.2) is 7.85 Å². The van der Waals surface area contributed by atoms with Gasteiger partial charge in [-0.1, -0.05) is 38.8 Å². The van der Waals surface area contributed by atoms with Gasteiger partial charge in [-0.05, 0) is 23.0 Å². The Morgan fingerprint density at radius 1 is 1.15 bits per heavy atom. The molecule has 0 N–H and O–H groups in total. The second-order valence-electron chi connectivity index (χ2n) is 3.77. The van der Waals surface area contributed by atoms with Crippen molar-refractivity contribution in [2.75, 3.05) is 0 Å². The molecule has 0 unspecified atom stereocenters. The Morgan fingerprint density at radius 3 is 2.00 bits per heavy atom. The molecule has 0 spiro atoms. The van der Waals surface area contributed by atoms with Crippen molar-refractivity contribution in [1.29, 1.82) is 0 Å². The number of benzene rings is 1. The minimum absolute atomic E-state index is 0.154. The first kappa shape index (κ1) is 10.3. The summed E-state index contributed by atoms with van der Waals surface area (Å²) in [6.07, 6.45) is 2.18. The average molecular weight is 178 g/mol. The molecule has 0 aliphatic rings. The fourth-order valence-corrected chi connectivity index (χ4v) is 1.51. The van der Waals surface area contributed by atoms with Crippen molar-refractivity contribution in [3.63, 3.8) is 0 Å². The lowest BCUT2D eigenvalue weighted by atomic mass is 9.61. The van der Waals surface area contributed by atoms with E-state index in [4.69, 9.17) is 0 Å². The molecule has 0 saturated carbocycles. The molecule has 0 heterocycles. The van der Waals surface area contributed by atoms with Gasteiger partial charge in [0.2, 0.25) is 0 Å². The summed E-state index contributed by atoms with van der Waals surface area (Å²) < 4.78 is 12.7. The highest BCUT2D eigenvalue weighted by Gasteiger charge is 2.21. The maximum Gasteiger partial charge on any atom is 0.123 e. The zero-order valence-corrected chi connectivity index (χ0v) is 8.60. The van der Waals surface area contributed by atoms with Gasteiger partial charge in [0.25, 0.3) is 0 Å². The van der Waals surface area contributed by atoms with Gasteiger partial charge in [-0.15, -0.1) is 0 Å². The predicted molar refractivity (Wildman–Crippen MR) is 57.2 cm³/mol. The van der Waals surface area contributed by atoms with Crippen LogP contribution in [0.5, 0.6) is 0 Å². The van der Waals surface area contributed by atoms with Gasteiger partial charge in [-0.2, -0.15) is 0 Å². The topological polar surface area (TPSA) is 0 Å². The van der Waals surface area contributed by atoms with E-state index in [-0.39, 0.29) is 11.1 Å². The summed E-state index contributed by atoms with van der Waals surface area (Å²) in [7, 11) is 2.22. The number of rotatable bonds is 3. The van der Waals surface area contributed by atoms with Crippen molar-refractivity contribution in [3.8, 4) is 0 Å². The number of halogens is 1. The van der Waals surface area contributed by atoms with Gasteiger partial charge in [0.1, 0.15) is 13.7 Å². The van der Waals surface area contributed by atoms with E-state index >= 15 is 0 Å². The molecular weight excluding hydrogens is 162 g/mol. The minimum Gasteiger partial charge on any atom is -0.207 e. The van der Waals surface area contributed by atoms with Crippen molar-refractivity contribution in [3.05, 3.63) is 35.6 Å². The van der Waals surface area contributed by atoms with E-state index in [9.17, 15) is 4.39 Å². The molecule has 0 fully saturated rings. The molecule has 1 aromatic carbocycles. The highest BCUT2D eigenvalue weighted by Crippen LogP contribution is 2.27. The van der Waals surface area contributed by atoms with Crippen LogP contribution in [0, 0.1) is 5.82 Å². The Morgan fingerprint density at radius 2 is 1.62 bits per heavy atom. The van der Waals surface area contributed by atoms with Gasteiger partial charge in [-0.3, -0.25) is 0 Å². The zero-order valence-electron chi connectivity index (χ0n) is 8.60. The van der Waals surface area contributed by atoms with Crippen molar-refractivity contribution >= 4 is 7.85 Å². The van der Waals surface area contributed by atoms with Crippen LogP contribution in [0.4, 0.5) is 4.39 Å². The maximum atomic E-state index is 12.7.